The van der Waals surface area contributed by atoms with E-state index < -0.39 is 0 Å². The maximum Gasteiger partial charge on any atom is 0.0600 e. The lowest BCUT2D eigenvalue weighted by atomic mass is 10.1. The molecule has 0 aromatic carbocycles. The zero-order valence-electron chi connectivity index (χ0n) is 9.03. The van der Waals surface area contributed by atoms with Gasteiger partial charge in [-0.25, -0.2) is 0 Å². The maximum absolute atomic E-state index is 9.00. The highest BCUT2D eigenvalue weighted by atomic mass is 32.2. The average molecular weight is 219 g/mol. The molecule has 1 aliphatic rings. The topological polar surface area (TPSA) is 41.5 Å². The highest BCUT2D eigenvalue weighted by Crippen LogP contribution is 2.25. The Labute approximate surface area is 90.6 Å². The maximum atomic E-state index is 9.00. The lowest BCUT2D eigenvalue weighted by Gasteiger charge is -2.32. The number of hydrogen-bond donors (Lipinski definition) is 2. The fourth-order valence-electron chi connectivity index (χ4n) is 1.68. The first kappa shape index (κ1) is 12.3. The van der Waals surface area contributed by atoms with E-state index in [1.54, 1.807) is 0 Å². The van der Waals surface area contributed by atoms with Gasteiger partial charge in [0.1, 0.15) is 0 Å². The number of rotatable bonds is 5. The first-order chi connectivity index (χ1) is 6.77. The molecular formula is C10H21NO2S. The number of aliphatic hydroxyl groups is 1. The van der Waals surface area contributed by atoms with Gasteiger partial charge in [0, 0.05) is 23.1 Å². The fraction of sp³-hybridized carbons (Fsp3) is 1.00. The number of aliphatic hydroxyl groups excluding tert-OH is 1. The Hall–Kier alpha value is 0.230. The number of hydrogen-bond acceptors (Lipinski definition) is 4. The van der Waals surface area contributed by atoms with Crippen molar-refractivity contribution in [2.24, 2.45) is 0 Å². The van der Waals surface area contributed by atoms with Crippen molar-refractivity contribution in [3.8, 4) is 0 Å². The Kier molecular flexibility index (Phi) is 5.86. The summed E-state index contributed by atoms with van der Waals surface area (Å²) in [6.45, 7) is 7.12. The van der Waals surface area contributed by atoms with Gasteiger partial charge in [-0.3, -0.25) is 0 Å². The van der Waals surface area contributed by atoms with Crippen LogP contribution in [0, 0.1) is 0 Å². The Balaban J connectivity index is 2.37. The molecule has 14 heavy (non-hydrogen) atoms. The van der Waals surface area contributed by atoms with Crippen LogP contribution in [0.15, 0.2) is 0 Å². The summed E-state index contributed by atoms with van der Waals surface area (Å²) in [6, 6.07) is 0.549. The lowest BCUT2D eigenvalue weighted by Crippen LogP contribution is -2.45. The normalized spacial score (nSPS) is 30.2. The van der Waals surface area contributed by atoms with Crippen molar-refractivity contribution < 1.29 is 9.84 Å². The molecule has 0 amide bonds. The van der Waals surface area contributed by atoms with Gasteiger partial charge in [-0.05, 0) is 13.0 Å². The summed E-state index contributed by atoms with van der Waals surface area (Å²) in [5.41, 5.74) is 0. The summed E-state index contributed by atoms with van der Waals surface area (Å²) in [6.07, 6.45) is 1.09. The second-order valence-corrected chi connectivity index (χ2v) is 5.38. The van der Waals surface area contributed by atoms with Crippen LogP contribution in [0.4, 0.5) is 0 Å². The highest BCUT2D eigenvalue weighted by Gasteiger charge is 2.26. The number of ether oxygens (including phenoxy) is 1. The molecule has 84 valence electrons. The summed E-state index contributed by atoms with van der Waals surface area (Å²) in [5.74, 6) is 0. The quantitative estimate of drug-likeness (QED) is 0.720. The van der Waals surface area contributed by atoms with Crippen LogP contribution in [-0.4, -0.2) is 48.0 Å². The van der Waals surface area contributed by atoms with Crippen molar-refractivity contribution in [3.63, 3.8) is 0 Å². The first-order valence-corrected chi connectivity index (χ1v) is 6.29. The molecule has 0 spiro atoms. The molecule has 3 unspecified atom stereocenters. The number of nitrogens with one attached hydrogen (secondary N) is 1. The van der Waals surface area contributed by atoms with Gasteiger partial charge in [0.2, 0.25) is 0 Å². The van der Waals surface area contributed by atoms with Gasteiger partial charge in [0.15, 0.2) is 0 Å². The molecule has 3 nitrogen and oxygen atoms in total. The van der Waals surface area contributed by atoms with Gasteiger partial charge in [0.05, 0.1) is 13.2 Å². The Morgan fingerprint density at radius 2 is 2.43 bits per heavy atom. The summed E-state index contributed by atoms with van der Waals surface area (Å²) in [4.78, 5) is 0. The second kappa shape index (κ2) is 6.67. The van der Waals surface area contributed by atoms with E-state index >= 15 is 0 Å². The van der Waals surface area contributed by atoms with Crippen molar-refractivity contribution in [2.45, 2.75) is 36.8 Å². The predicted molar refractivity (Wildman–Crippen MR) is 60.8 cm³/mol. The van der Waals surface area contributed by atoms with Crippen LogP contribution in [0.3, 0.4) is 0 Å². The van der Waals surface area contributed by atoms with Crippen LogP contribution < -0.4 is 5.32 Å². The molecule has 0 saturated carbocycles. The van der Waals surface area contributed by atoms with Crippen LogP contribution in [0.1, 0.15) is 20.3 Å². The molecule has 1 rings (SSSR count). The van der Waals surface area contributed by atoms with Gasteiger partial charge >= 0.3 is 0 Å². The SMILES string of the molecule is CCNC1CCOCC1SC(C)CO. The van der Waals surface area contributed by atoms with Crippen molar-refractivity contribution in [2.75, 3.05) is 26.4 Å². The molecule has 1 aliphatic heterocycles. The van der Waals surface area contributed by atoms with Crippen LogP contribution in [-0.2, 0) is 4.74 Å². The molecule has 4 heteroatoms. The van der Waals surface area contributed by atoms with E-state index in [1.807, 2.05) is 11.8 Å². The van der Waals surface area contributed by atoms with Crippen LogP contribution in [0.5, 0.6) is 0 Å². The average Bonchev–Trinajstić information content (AvgIpc) is 2.21. The minimum Gasteiger partial charge on any atom is -0.395 e. The Bertz CT molecular complexity index is 155. The molecule has 1 fully saturated rings. The van der Waals surface area contributed by atoms with Crippen molar-refractivity contribution >= 4 is 11.8 Å². The monoisotopic (exact) mass is 219 g/mol. The minimum atomic E-state index is 0.250. The summed E-state index contributed by atoms with van der Waals surface area (Å²) in [5, 5.41) is 13.3. The third-order valence-corrected chi connectivity index (χ3v) is 3.86. The van der Waals surface area contributed by atoms with E-state index in [4.69, 9.17) is 9.84 Å². The molecule has 1 heterocycles. The van der Waals surface area contributed by atoms with Gasteiger partial charge in [-0.1, -0.05) is 13.8 Å². The summed E-state index contributed by atoms with van der Waals surface area (Å²) < 4.78 is 5.46. The van der Waals surface area contributed by atoms with Crippen molar-refractivity contribution in [3.05, 3.63) is 0 Å². The van der Waals surface area contributed by atoms with Crippen LogP contribution >= 0.6 is 11.8 Å². The van der Waals surface area contributed by atoms with Gasteiger partial charge in [0.25, 0.3) is 0 Å². The molecule has 0 aromatic rings. The Morgan fingerprint density at radius 1 is 1.64 bits per heavy atom. The smallest absolute Gasteiger partial charge is 0.0600 e. The molecule has 1 saturated heterocycles. The highest BCUT2D eigenvalue weighted by molar-refractivity contribution is 8.00. The predicted octanol–water partition coefficient (Wildman–Crippen LogP) is 0.867. The van der Waals surface area contributed by atoms with Crippen LogP contribution in [0.25, 0.3) is 0 Å². The Morgan fingerprint density at radius 3 is 3.07 bits per heavy atom. The fourth-order valence-corrected chi connectivity index (χ4v) is 2.96. The minimum absolute atomic E-state index is 0.250. The summed E-state index contributed by atoms with van der Waals surface area (Å²) >= 11 is 1.83. The van der Waals surface area contributed by atoms with E-state index in [0.717, 1.165) is 26.2 Å². The standard InChI is InChI=1S/C10H21NO2S/c1-3-11-9-4-5-13-7-10(9)14-8(2)6-12/h8-12H,3-7H2,1-2H3. The second-order valence-electron chi connectivity index (χ2n) is 3.70. The van der Waals surface area contributed by atoms with Gasteiger partial charge < -0.3 is 15.2 Å². The molecular weight excluding hydrogens is 198 g/mol. The van der Waals surface area contributed by atoms with E-state index in [0.29, 0.717) is 16.5 Å². The van der Waals surface area contributed by atoms with E-state index in [1.165, 1.54) is 0 Å². The zero-order valence-corrected chi connectivity index (χ0v) is 9.85. The third-order valence-electron chi connectivity index (χ3n) is 2.43. The first-order valence-electron chi connectivity index (χ1n) is 5.35. The van der Waals surface area contributed by atoms with Crippen molar-refractivity contribution in [1.29, 1.82) is 0 Å². The molecule has 0 aliphatic carbocycles. The molecule has 0 aromatic heterocycles. The van der Waals surface area contributed by atoms with E-state index in [2.05, 4.69) is 19.2 Å². The molecule has 3 atom stereocenters. The molecule has 0 radical (unpaired) electrons. The molecule has 2 N–H and O–H groups in total. The largest absolute Gasteiger partial charge is 0.395 e. The van der Waals surface area contributed by atoms with E-state index in [9.17, 15) is 0 Å². The van der Waals surface area contributed by atoms with Crippen molar-refractivity contribution in [1.82, 2.24) is 5.32 Å². The lowest BCUT2D eigenvalue weighted by molar-refractivity contribution is 0.0834. The number of thioether (sulfide) groups is 1. The zero-order chi connectivity index (χ0) is 10.4. The van der Waals surface area contributed by atoms with Crippen LogP contribution in [0.2, 0.25) is 0 Å². The van der Waals surface area contributed by atoms with E-state index in [-0.39, 0.29) is 6.61 Å². The van der Waals surface area contributed by atoms with Gasteiger partial charge in [-0.2, -0.15) is 0 Å². The third kappa shape index (κ3) is 3.77. The van der Waals surface area contributed by atoms with Gasteiger partial charge in [-0.15, -0.1) is 11.8 Å². The summed E-state index contributed by atoms with van der Waals surface area (Å²) in [7, 11) is 0. The molecule has 0 bridgehead atoms.